The van der Waals surface area contributed by atoms with E-state index in [0.29, 0.717) is 11.6 Å². The number of nitrogens with zero attached hydrogens (tertiary/aromatic N) is 2. The first-order valence-corrected chi connectivity index (χ1v) is 7.91. The van der Waals surface area contributed by atoms with Gasteiger partial charge in [0.2, 0.25) is 5.88 Å². The summed E-state index contributed by atoms with van der Waals surface area (Å²) in [6.45, 7) is 4.72. The molecule has 0 saturated heterocycles. The number of methoxy groups -OCH3 is 1. The van der Waals surface area contributed by atoms with Gasteiger partial charge in [0.15, 0.2) is 0 Å². The third-order valence-corrected chi connectivity index (χ3v) is 4.03. The molecule has 0 bridgehead atoms. The first-order valence-electron chi connectivity index (χ1n) is 6.33. The number of anilines is 1. The number of hydrogen-bond donors (Lipinski definition) is 1. The maximum Gasteiger partial charge on any atom is 0.227 e. The average Bonchev–Trinajstić information content (AvgIpc) is 2.46. The van der Waals surface area contributed by atoms with Gasteiger partial charge in [0.05, 0.1) is 21.6 Å². The molecule has 0 amide bonds. The Kier molecular flexibility index (Phi) is 5.41. The van der Waals surface area contributed by atoms with Crippen LogP contribution >= 0.6 is 31.9 Å². The standard InChI is InChI=1S/C14H15Br2N3O2/c1-4-17-13-8(2)14(19-7-18-13)21-12-6-9(15)11(20-3)5-10(12)16/h5-7H,4H2,1-3H3,(H,17,18,19). The molecule has 112 valence electrons. The summed E-state index contributed by atoms with van der Waals surface area (Å²) >= 11 is 6.91. The lowest BCUT2D eigenvalue weighted by Crippen LogP contribution is -2.04. The number of nitrogens with one attached hydrogen (secondary N) is 1. The number of ether oxygens (including phenoxy) is 2. The smallest absolute Gasteiger partial charge is 0.227 e. The zero-order valence-electron chi connectivity index (χ0n) is 11.9. The minimum Gasteiger partial charge on any atom is -0.496 e. The summed E-state index contributed by atoms with van der Waals surface area (Å²) in [6.07, 6.45) is 1.48. The molecule has 2 rings (SSSR count). The second-order valence-electron chi connectivity index (χ2n) is 4.20. The normalized spacial score (nSPS) is 10.3. The van der Waals surface area contributed by atoms with E-state index < -0.39 is 0 Å². The fourth-order valence-corrected chi connectivity index (χ4v) is 2.62. The quantitative estimate of drug-likeness (QED) is 0.775. The van der Waals surface area contributed by atoms with E-state index in [0.717, 1.165) is 32.6 Å². The molecule has 0 atom stereocenters. The van der Waals surface area contributed by atoms with Crippen molar-refractivity contribution >= 4 is 37.7 Å². The van der Waals surface area contributed by atoms with Crippen LogP contribution in [0.2, 0.25) is 0 Å². The maximum absolute atomic E-state index is 5.88. The van der Waals surface area contributed by atoms with Crippen molar-refractivity contribution in [1.29, 1.82) is 0 Å². The van der Waals surface area contributed by atoms with E-state index in [1.807, 2.05) is 26.0 Å². The van der Waals surface area contributed by atoms with Crippen molar-refractivity contribution < 1.29 is 9.47 Å². The van der Waals surface area contributed by atoms with Gasteiger partial charge in [-0.05, 0) is 57.8 Å². The Hall–Kier alpha value is -1.34. The van der Waals surface area contributed by atoms with Crippen molar-refractivity contribution in [2.24, 2.45) is 0 Å². The summed E-state index contributed by atoms with van der Waals surface area (Å²) in [6, 6.07) is 3.67. The van der Waals surface area contributed by atoms with Crippen LogP contribution in [0.25, 0.3) is 0 Å². The van der Waals surface area contributed by atoms with E-state index >= 15 is 0 Å². The van der Waals surface area contributed by atoms with Crippen molar-refractivity contribution in [1.82, 2.24) is 9.97 Å². The van der Waals surface area contributed by atoms with Gasteiger partial charge in [0.1, 0.15) is 23.6 Å². The van der Waals surface area contributed by atoms with Crippen LogP contribution in [-0.4, -0.2) is 23.6 Å². The molecular weight excluding hydrogens is 402 g/mol. The lowest BCUT2D eigenvalue weighted by atomic mass is 10.3. The summed E-state index contributed by atoms with van der Waals surface area (Å²) < 4.78 is 12.7. The fraction of sp³-hybridized carbons (Fsp3) is 0.286. The van der Waals surface area contributed by atoms with Gasteiger partial charge in [-0.1, -0.05) is 0 Å². The van der Waals surface area contributed by atoms with Crippen molar-refractivity contribution in [3.8, 4) is 17.4 Å². The molecule has 21 heavy (non-hydrogen) atoms. The monoisotopic (exact) mass is 415 g/mol. The molecule has 5 nitrogen and oxygen atoms in total. The van der Waals surface area contributed by atoms with E-state index in [9.17, 15) is 0 Å². The van der Waals surface area contributed by atoms with Crippen molar-refractivity contribution in [3.05, 3.63) is 33.0 Å². The number of halogens is 2. The lowest BCUT2D eigenvalue weighted by Gasteiger charge is -2.13. The van der Waals surface area contributed by atoms with E-state index in [2.05, 4.69) is 47.1 Å². The molecule has 0 fully saturated rings. The molecule has 0 unspecified atom stereocenters. The Bertz CT molecular complexity index is 650. The Morgan fingerprint density at radius 1 is 1.14 bits per heavy atom. The predicted molar refractivity (Wildman–Crippen MR) is 89.4 cm³/mol. The summed E-state index contributed by atoms with van der Waals surface area (Å²) in [5.74, 6) is 2.65. The third kappa shape index (κ3) is 3.65. The van der Waals surface area contributed by atoms with Gasteiger partial charge in [-0.3, -0.25) is 0 Å². The van der Waals surface area contributed by atoms with Crippen LogP contribution in [0.1, 0.15) is 12.5 Å². The minimum atomic E-state index is 0.513. The van der Waals surface area contributed by atoms with Gasteiger partial charge in [0, 0.05) is 6.54 Å². The third-order valence-electron chi connectivity index (χ3n) is 2.80. The molecule has 0 aliphatic rings. The molecule has 1 heterocycles. The predicted octanol–water partition coefficient (Wildman–Crippen LogP) is 4.54. The molecule has 1 aromatic carbocycles. The first-order chi connectivity index (χ1) is 10.1. The number of benzene rings is 1. The highest BCUT2D eigenvalue weighted by atomic mass is 79.9. The molecule has 2 aromatic rings. The van der Waals surface area contributed by atoms with Crippen LogP contribution in [-0.2, 0) is 0 Å². The van der Waals surface area contributed by atoms with Crippen LogP contribution in [0.15, 0.2) is 27.4 Å². The second-order valence-corrected chi connectivity index (χ2v) is 5.91. The first kappa shape index (κ1) is 16.0. The van der Waals surface area contributed by atoms with Crippen LogP contribution in [0, 0.1) is 6.92 Å². The minimum absolute atomic E-state index is 0.513. The van der Waals surface area contributed by atoms with Gasteiger partial charge >= 0.3 is 0 Å². The highest BCUT2D eigenvalue weighted by molar-refractivity contribution is 9.11. The Morgan fingerprint density at radius 3 is 2.48 bits per heavy atom. The van der Waals surface area contributed by atoms with E-state index in [1.165, 1.54) is 6.33 Å². The molecule has 7 heteroatoms. The molecule has 1 aromatic heterocycles. The van der Waals surface area contributed by atoms with Gasteiger partial charge in [-0.2, -0.15) is 0 Å². The summed E-state index contributed by atoms with van der Waals surface area (Å²) in [4.78, 5) is 8.38. The highest BCUT2D eigenvalue weighted by Gasteiger charge is 2.13. The van der Waals surface area contributed by atoms with Crippen LogP contribution in [0.4, 0.5) is 5.82 Å². The molecular formula is C14H15Br2N3O2. The van der Waals surface area contributed by atoms with Gasteiger partial charge < -0.3 is 14.8 Å². The second kappa shape index (κ2) is 7.09. The van der Waals surface area contributed by atoms with Gasteiger partial charge in [-0.15, -0.1) is 0 Å². The van der Waals surface area contributed by atoms with Crippen molar-refractivity contribution in [3.63, 3.8) is 0 Å². The summed E-state index contributed by atoms with van der Waals surface area (Å²) in [5.41, 5.74) is 0.859. The topological polar surface area (TPSA) is 56.3 Å². The summed E-state index contributed by atoms with van der Waals surface area (Å²) in [7, 11) is 1.62. The van der Waals surface area contributed by atoms with E-state index in [4.69, 9.17) is 9.47 Å². The number of rotatable bonds is 5. The number of hydrogen-bond acceptors (Lipinski definition) is 5. The molecule has 0 aliphatic carbocycles. The summed E-state index contributed by atoms with van der Waals surface area (Å²) in [5, 5.41) is 3.17. The maximum atomic E-state index is 5.88. The van der Waals surface area contributed by atoms with E-state index in [-0.39, 0.29) is 0 Å². The zero-order chi connectivity index (χ0) is 15.4. The van der Waals surface area contributed by atoms with Gasteiger partial charge in [-0.25, -0.2) is 9.97 Å². The Labute approximate surface area is 140 Å². The van der Waals surface area contributed by atoms with Gasteiger partial charge in [0.25, 0.3) is 0 Å². The molecule has 0 spiro atoms. The van der Waals surface area contributed by atoms with Crippen LogP contribution in [0.5, 0.6) is 17.4 Å². The lowest BCUT2D eigenvalue weighted by molar-refractivity contribution is 0.408. The highest BCUT2D eigenvalue weighted by Crippen LogP contribution is 2.38. The van der Waals surface area contributed by atoms with E-state index in [1.54, 1.807) is 7.11 Å². The zero-order valence-corrected chi connectivity index (χ0v) is 15.1. The molecule has 0 radical (unpaired) electrons. The fourth-order valence-electron chi connectivity index (χ4n) is 1.73. The Balaban J connectivity index is 2.34. The largest absolute Gasteiger partial charge is 0.496 e. The van der Waals surface area contributed by atoms with Crippen LogP contribution < -0.4 is 14.8 Å². The molecule has 1 N–H and O–H groups in total. The Morgan fingerprint density at radius 2 is 1.81 bits per heavy atom. The average molecular weight is 417 g/mol. The van der Waals surface area contributed by atoms with Crippen molar-refractivity contribution in [2.75, 3.05) is 19.0 Å². The molecule has 0 saturated carbocycles. The van der Waals surface area contributed by atoms with Crippen molar-refractivity contribution in [2.45, 2.75) is 13.8 Å². The number of aromatic nitrogens is 2. The SMILES string of the molecule is CCNc1ncnc(Oc2cc(Br)c(OC)cc2Br)c1C. The molecule has 0 aliphatic heterocycles. The van der Waals surface area contributed by atoms with Crippen LogP contribution in [0.3, 0.4) is 0 Å².